The normalized spacial score (nSPS) is 28.4. The van der Waals surface area contributed by atoms with Gasteiger partial charge in [0, 0.05) is 24.1 Å². The van der Waals surface area contributed by atoms with Gasteiger partial charge in [-0.15, -0.1) is 0 Å². The van der Waals surface area contributed by atoms with Crippen molar-refractivity contribution in [3.63, 3.8) is 0 Å². The lowest BCUT2D eigenvalue weighted by molar-refractivity contribution is -0.121. The van der Waals surface area contributed by atoms with Crippen LogP contribution in [0.25, 0.3) is 0 Å². The van der Waals surface area contributed by atoms with E-state index < -0.39 is 0 Å². The summed E-state index contributed by atoms with van der Waals surface area (Å²) in [6.45, 7) is 8.03. The average molecular weight is 187 g/mol. The van der Waals surface area contributed by atoms with Gasteiger partial charge < -0.3 is 0 Å². The quantitative estimate of drug-likeness (QED) is 0.652. The Morgan fingerprint density at radius 2 is 2.33 bits per heavy atom. The number of carbonyl (C=O) groups is 1. The van der Waals surface area contributed by atoms with Crippen LogP contribution in [0.2, 0.25) is 0 Å². The van der Waals surface area contributed by atoms with Crippen molar-refractivity contribution in [2.45, 2.75) is 32.1 Å². The molecule has 70 valence electrons. The number of ketones is 1. The van der Waals surface area contributed by atoms with Gasteiger partial charge in [-0.1, -0.05) is 6.92 Å². The summed E-state index contributed by atoms with van der Waals surface area (Å²) < 4.78 is 0. The fourth-order valence-corrected chi connectivity index (χ4v) is 2.49. The maximum absolute atomic E-state index is 11.1. The Labute approximate surface area is 78.7 Å². The lowest BCUT2D eigenvalue weighted by Crippen LogP contribution is -2.45. The van der Waals surface area contributed by atoms with Gasteiger partial charge in [0.15, 0.2) is 0 Å². The molecule has 1 fully saturated rings. The van der Waals surface area contributed by atoms with E-state index >= 15 is 0 Å². The molecule has 0 N–H and O–H groups in total. The largest absolute Gasteiger partial charge is 0.298 e. The van der Waals surface area contributed by atoms with Gasteiger partial charge in [-0.05, 0) is 13.8 Å². The molecule has 1 aliphatic rings. The number of nitrogens with zero attached hydrogens (tertiary/aromatic N) is 1. The van der Waals surface area contributed by atoms with Gasteiger partial charge in [-0.3, -0.25) is 9.69 Å². The zero-order valence-corrected chi connectivity index (χ0v) is 8.86. The second-order valence-corrected chi connectivity index (χ2v) is 5.01. The van der Waals surface area contributed by atoms with Crippen molar-refractivity contribution in [3.8, 4) is 0 Å². The van der Waals surface area contributed by atoms with Gasteiger partial charge >= 0.3 is 0 Å². The maximum Gasteiger partial charge on any atom is 0.146 e. The second kappa shape index (κ2) is 4.28. The van der Waals surface area contributed by atoms with Gasteiger partial charge in [-0.2, -0.15) is 11.8 Å². The molecule has 2 nitrogen and oxygen atoms in total. The van der Waals surface area contributed by atoms with Crippen LogP contribution in [0.15, 0.2) is 0 Å². The molecule has 1 saturated heterocycles. The molecule has 3 heteroatoms. The van der Waals surface area contributed by atoms with Crippen LogP contribution < -0.4 is 0 Å². The summed E-state index contributed by atoms with van der Waals surface area (Å²) in [6.07, 6.45) is 0. The van der Waals surface area contributed by atoms with E-state index in [0.29, 0.717) is 5.25 Å². The number of Topliss-reactive ketones (excluding diaryl/α,β-unsaturated/α-hetero) is 1. The van der Waals surface area contributed by atoms with E-state index in [1.54, 1.807) is 6.92 Å². The predicted molar refractivity (Wildman–Crippen MR) is 53.6 cm³/mol. The van der Waals surface area contributed by atoms with Crippen molar-refractivity contribution in [1.82, 2.24) is 4.90 Å². The monoisotopic (exact) mass is 187 g/mol. The Bertz CT molecular complexity index is 172. The Morgan fingerprint density at radius 1 is 1.67 bits per heavy atom. The van der Waals surface area contributed by atoms with Gasteiger partial charge in [0.25, 0.3) is 0 Å². The zero-order chi connectivity index (χ0) is 9.14. The van der Waals surface area contributed by atoms with Crippen LogP contribution in [0.5, 0.6) is 0 Å². The van der Waals surface area contributed by atoms with E-state index in [2.05, 4.69) is 11.8 Å². The smallest absolute Gasteiger partial charge is 0.146 e. The molecule has 0 radical (unpaired) electrons. The lowest BCUT2D eigenvalue weighted by atomic mass is 10.2. The van der Waals surface area contributed by atoms with Gasteiger partial charge in [-0.25, -0.2) is 0 Å². The molecular formula is C9H17NOS. The first-order chi connectivity index (χ1) is 5.61. The highest BCUT2D eigenvalue weighted by molar-refractivity contribution is 7.99. The van der Waals surface area contributed by atoms with Crippen molar-refractivity contribution in [2.75, 3.05) is 18.8 Å². The molecule has 0 spiro atoms. The molecular weight excluding hydrogens is 170 g/mol. The third-order valence-electron chi connectivity index (χ3n) is 2.41. The summed E-state index contributed by atoms with van der Waals surface area (Å²) >= 11 is 2.00. The van der Waals surface area contributed by atoms with Crippen LogP contribution >= 0.6 is 11.8 Å². The van der Waals surface area contributed by atoms with Crippen LogP contribution in [0.1, 0.15) is 20.8 Å². The van der Waals surface area contributed by atoms with Crippen molar-refractivity contribution < 1.29 is 4.79 Å². The van der Waals surface area contributed by atoms with Crippen molar-refractivity contribution in [1.29, 1.82) is 0 Å². The van der Waals surface area contributed by atoms with Gasteiger partial charge in [0.1, 0.15) is 5.78 Å². The highest BCUT2D eigenvalue weighted by Crippen LogP contribution is 2.19. The molecule has 0 amide bonds. The minimum absolute atomic E-state index is 0.119. The minimum Gasteiger partial charge on any atom is -0.298 e. The summed E-state index contributed by atoms with van der Waals surface area (Å²) in [7, 11) is 0. The third kappa shape index (κ3) is 2.49. The molecule has 2 atom stereocenters. The van der Waals surface area contributed by atoms with Crippen molar-refractivity contribution >= 4 is 17.5 Å². The van der Waals surface area contributed by atoms with Crippen LogP contribution in [0.4, 0.5) is 0 Å². The van der Waals surface area contributed by atoms with E-state index in [4.69, 9.17) is 0 Å². The second-order valence-electron chi connectivity index (χ2n) is 3.46. The Morgan fingerprint density at radius 3 is 2.83 bits per heavy atom. The van der Waals surface area contributed by atoms with E-state index in [1.165, 1.54) is 5.75 Å². The molecule has 0 aliphatic carbocycles. The Balaban J connectivity index is 2.45. The van der Waals surface area contributed by atoms with Crippen LogP contribution in [0, 0.1) is 0 Å². The number of thioether (sulfide) groups is 1. The average Bonchev–Trinajstić information content (AvgIpc) is 2.03. The fourth-order valence-electron chi connectivity index (χ4n) is 1.45. The lowest BCUT2D eigenvalue weighted by Gasteiger charge is -2.33. The van der Waals surface area contributed by atoms with Gasteiger partial charge in [0.2, 0.25) is 0 Å². The van der Waals surface area contributed by atoms with Crippen molar-refractivity contribution in [2.24, 2.45) is 0 Å². The highest BCUT2D eigenvalue weighted by Gasteiger charge is 2.23. The third-order valence-corrected chi connectivity index (χ3v) is 3.54. The zero-order valence-electron chi connectivity index (χ0n) is 8.04. The fraction of sp³-hybridized carbons (Fsp3) is 0.889. The molecule has 1 heterocycles. The summed E-state index contributed by atoms with van der Waals surface area (Å²) in [6, 6.07) is 0.119. The number of hydrogen-bond acceptors (Lipinski definition) is 3. The van der Waals surface area contributed by atoms with E-state index in [0.717, 1.165) is 13.1 Å². The first kappa shape index (κ1) is 10.1. The van der Waals surface area contributed by atoms with Crippen LogP contribution in [0.3, 0.4) is 0 Å². The Hall–Kier alpha value is -0.0200. The summed E-state index contributed by atoms with van der Waals surface area (Å²) in [5.41, 5.74) is 0. The first-order valence-corrected chi connectivity index (χ1v) is 5.52. The number of hydrogen-bond donors (Lipinski definition) is 0. The molecule has 0 aromatic carbocycles. The maximum atomic E-state index is 11.1. The number of carbonyl (C=O) groups excluding carboxylic acids is 1. The van der Waals surface area contributed by atoms with Crippen LogP contribution in [-0.4, -0.2) is 40.8 Å². The van der Waals surface area contributed by atoms with E-state index in [1.807, 2.05) is 18.7 Å². The molecule has 0 aromatic rings. The number of rotatable bonds is 2. The van der Waals surface area contributed by atoms with Gasteiger partial charge in [0.05, 0.1) is 6.04 Å². The molecule has 12 heavy (non-hydrogen) atoms. The molecule has 2 unspecified atom stereocenters. The highest BCUT2D eigenvalue weighted by atomic mass is 32.2. The summed E-state index contributed by atoms with van der Waals surface area (Å²) in [4.78, 5) is 13.4. The summed E-state index contributed by atoms with van der Waals surface area (Å²) in [5, 5.41) is 0.681. The molecule has 0 aromatic heterocycles. The van der Waals surface area contributed by atoms with E-state index in [9.17, 15) is 4.79 Å². The van der Waals surface area contributed by atoms with Crippen LogP contribution in [-0.2, 0) is 4.79 Å². The first-order valence-electron chi connectivity index (χ1n) is 4.47. The summed E-state index contributed by atoms with van der Waals surface area (Å²) in [5.74, 6) is 1.45. The van der Waals surface area contributed by atoms with Crippen molar-refractivity contribution in [3.05, 3.63) is 0 Å². The predicted octanol–water partition coefficient (Wildman–Crippen LogP) is 1.40. The molecule has 1 aliphatic heterocycles. The Kier molecular flexibility index (Phi) is 3.59. The molecule has 1 rings (SSSR count). The minimum atomic E-state index is 0.119. The molecule has 0 saturated carbocycles. The topological polar surface area (TPSA) is 20.3 Å². The standard InChI is InChI=1S/C9H17NOS/c1-7-6-10(4-5-12-7)8(2)9(3)11/h7-8H,4-6H2,1-3H3. The molecule has 0 bridgehead atoms. The van der Waals surface area contributed by atoms with E-state index in [-0.39, 0.29) is 11.8 Å². The SMILES string of the molecule is CC(=O)C(C)N1CCSC(C)C1.